The third-order valence-electron chi connectivity index (χ3n) is 2.93. The Morgan fingerprint density at radius 3 is 2.53 bits per heavy atom. The molecule has 1 aliphatic rings. The molecular formula is C14H12Cl2N2S. The lowest BCUT2D eigenvalue weighted by Crippen LogP contribution is -1.94. The average molecular weight is 311 g/mol. The maximum atomic E-state index is 6.04. The van der Waals surface area contributed by atoms with E-state index < -0.39 is 0 Å². The van der Waals surface area contributed by atoms with Crippen molar-refractivity contribution in [2.45, 2.75) is 29.5 Å². The highest BCUT2D eigenvalue weighted by molar-refractivity contribution is 7.98. The Bertz CT molecular complexity index is 582. The molecule has 2 aromatic rings. The Hall–Kier alpha value is -0.770. The zero-order chi connectivity index (χ0) is 13.2. The van der Waals surface area contributed by atoms with Crippen LogP contribution in [0, 0.1) is 0 Å². The highest BCUT2D eigenvalue weighted by atomic mass is 35.5. The molecule has 0 N–H and O–H groups in total. The third kappa shape index (κ3) is 3.62. The number of aromatic nitrogens is 2. The van der Waals surface area contributed by atoms with Crippen LogP contribution in [0.4, 0.5) is 0 Å². The molecule has 5 heteroatoms. The minimum atomic E-state index is 0.522. The minimum absolute atomic E-state index is 0.522. The average Bonchev–Trinajstić information content (AvgIpc) is 3.22. The van der Waals surface area contributed by atoms with Gasteiger partial charge in [0.05, 0.1) is 0 Å². The van der Waals surface area contributed by atoms with Gasteiger partial charge in [-0.15, -0.1) is 11.8 Å². The number of rotatable bonds is 4. The van der Waals surface area contributed by atoms with Gasteiger partial charge in [-0.25, -0.2) is 9.97 Å². The molecule has 98 valence electrons. The van der Waals surface area contributed by atoms with Crippen molar-refractivity contribution in [3.8, 4) is 0 Å². The highest BCUT2D eigenvalue weighted by Crippen LogP contribution is 2.39. The van der Waals surface area contributed by atoms with E-state index in [0.29, 0.717) is 11.1 Å². The van der Waals surface area contributed by atoms with Crippen molar-refractivity contribution in [2.75, 3.05) is 0 Å². The fraction of sp³-hybridized carbons (Fsp3) is 0.286. The second-order valence-electron chi connectivity index (χ2n) is 4.58. The first-order valence-corrected chi connectivity index (χ1v) is 7.86. The Kier molecular flexibility index (Phi) is 3.96. The summed E-state index contributed by atoms with van der Waals surface area (Å²) in [5, 5.41) is 2.24. The Morgan fingerprint density at radius 1 is 1.11 bits per heavy atom. The Labute approximate surface area is 126 Å². The third-order valence-corrected chi connectivity index (χ3v) is 4.36. The van der Waals surface area contributed by atoms with Gasteiger partial charge in [0.1, 0.15) is 16.0 Å². The number of thioether (sulfide) groups is 1. The summed E-state index contributed by atoms with van der Waals surface area (Å²) in [7, 11) is 0. The summed E-state index contributed by atoms with van der Waals surface area (Å²) >= 11 is 13.6. The van der Waals surface area contributed by atoms with Crippen molar-refractivity contribution in [1.29, 1.82) is 0 Å². The van der Waals surface area contributed by atoms with Crippen LogP contribution < -0.4 is 0 Å². The van der Waals surface area contributed by atoms with Gasteiger partial charge in [0.25, 0.3) is 0 Å². The molecule has 0 bridgehead atoms. The van der Waals surface area contributed by atoms with Crippen molar-refractivity contribution in [1.82, 2.24) is 9.97 Å². The maximum absolute atomic E-state index is 6.04. The van der Waals surface area contributed by atoms with Crippen molar-refractivity contribution in [3.05, 3.63) is 51.9 Å². The number of hydrogen-bond acceptors (Lipinski definition) is 3. The molecule has 2 nitrogen and oxygen atoms in total. The molecule has 1 aliphatic carbocycles. The summed E-state index contributed by atoms with van der Waals surface area (Å²) in [6.07, 6.45) is 2.36. The number of hydrogen-bond donors (Lipinski definition) is 0. The van der Waals surface area contributed by atoms with Crippen LogP contribution in [0.2, 0.25) is 10.2 Å². The maximum Gasteiger partial charge on any atom is 0.134 e. The van der Waals surface area contributed by atoms with E-state index in [4.69, 9.17) is 23.2 Å². The summed E-state index contributed by atoms with van der Waals surface area (Å²) in [4.78, 5) is 8.86. The predicted molar refractivity (Wildman–Crippen MR) is 80.0 cm³/mol. The van der Waals surface area contributed by atoms with Crippen LogP contribution in [-0.4, -0.2) is 9.97 Å². The highest BCUT2D eigenvalue weighted by Gasteiger charge is 2.27. The van der Waals surface area contributed by atoms with E-state index in [1.807, 2.05) is 30.3 Å². The predicted octanol–water partition coefficient (Wildman–Crippen LogP) is 4.95. The van der Waals surface area contributed by atoms with Gasteiger partial charge in [0.15, 0.2) is 0 Å². The SMILES string of the molecule is Clc1ccc(CSc2cc(Cl)nc(C3CC3)n2)cc1. The molecule has 1 heterocycles. The van der Waals surface area contributed by atoms with E-state index in [2.05, 4.69) is 9.97 Å². The molecule has 0 unspecified atom stereocenters. The molecule has 1 aromatic carbocycles. The summed E-state index contributed by atoms with van der Waals surface area (Å²) in [5.74, 6) is 2.27. The first-order chi connectivity index (χ1) is 9.20. The van der Waals surface area contributed by atoms with E-state index in [0.717, 1.165) is 21.6 Å². The van der Waals surface area contributed by atoms with Gasteiger partial charge in [0, 0.05) is 22.8 Å². The fourth-order valence-corrected chi connectivity index (χ4v) is 2.99. The van der Waals surface area contributed by atoms with Crippen molar-refractivity contribution in [3.63, 3.8) is 0 Å². The van der Waals surface area contributed by atoms with Gasteiger partial charge in [-0.05, 0) is 30.5 Å². The van der Waals surface area contributed by atoms with Crippen LogP contribution >= 0.6 is 35.0 Å². The van der Waals surface area contributed by atoms with Gasteiger partial charge in [-0.3, -0.25) is 0 Å². The zero-order valence-electron chi connectivity index (χ0n) is 10.1. The molecule has 0 aliphatic heterocycles. The van der Waals surface area contributed by atoms with Crippen LogP contribution in [0.1, 0.15) is 30.1 Å². The molecule has 1 aromatic heterocycles. The van der Waals surface area contributed by atoms with Gasteiger partial charge >= 0.3 is 0 Å². The fourth-order valence-electron chi connectivity index (χ4n) is 1.75. The minimum Gasteiger partial charge on any atom is -0.226 e. The van der Waals surface area contributed by atoms with Crippen LogP contribution in [0.15, 0.2) is 35.4 Å². The Balaban J connectivity index is 1.70. The van der Waals surface area contributed by atoms with Crippen molar-refractivity contribution in [2.24, 2.45) is 0 Å². The molecular weight excluding hydrogens is 299 g/mol. The van der Waals surface area contributed by atoms with Gasteiger partial charge in [-0.1, -0.05) is 35.3 Å². The molecule has 1 saturated carbocycles. The lowest BCUT2D eigenvalue weighted by atomic mass is 10.2. The molecule has 0 radical (unpaired) electrons. The zero-order valence-corrected chi connectivity index (χ0v) is 12.5. The van der Waals surface area contributed by atoms with E-state index in [1.165, 1.54) is 18.4 Å². The van der Waals surface area contributed by atoms with Crippen molar-refractivity contribution < 1.29 is 0 Å². The van der Waals surface area contributed by atoms with Crippen LogP contribution in [0.5, 0.6) is 0 Å². The summed E-state index contributed by atoms with van der Waals surface area (Å²) < 4.78 is 0. The van der Waals surface area contributed by atoms with E-state index in [9.17, 15) is 0 Å². The molecule has 1 fully saturated rings. The number of benzene rings is 1. The second-order valence-corrected chi connectivity index (χ2v) is 6.40. The van der Waals surface area contributed by atoms with Gasteiger partial charge in [0.2, 0.25) is 0 Å². The topological polar surface area (TPSA) is 25.8 Å². The second kappa shape index (κ2) is 5.70. The Morgan fingerprint density at radius 2 is 1.84 bits per heavy atom. The normalized spacial score (nSPS) is 14.6. The van der Waals surface area contributed by atoms with Crippen LogP contribution in [-0.2, 0) is 5.75 Å². The number of halogens is 2. The lowest BCUT2D eigenvalue weighted by molar-refractivity contribution is 0.878. The summed E-state index contributed by atoms with van der Waals surface area (Å²) in [5.41, 5.74) is 1.22. The summed E-state index contributed by atoms with van der Waals surface area (Å²) in [6.45, 7) is 0. The monoisotopic (exact) mass is 310 g/mol. The molecule has 0 saturated heterocycles. The van der Waals surface area contributed by atoms with Crippen LogP contribution in [0.3, 0.4) is 0 Å². The summed E-state index contributed by atoms with van der Waals surface area (Å²) in [6, 6.07) is 9.69. The first kappa shape index (κ1) is 13.2. The van der Waals surface area contributed by atoms with Crippen LogP contribution in [0.25, 0.3) is 0 Å². The van der Waals surface area contributed by atoms with E-state index >= 15 is 0 Å². The molecule has 0 spiro atoms. The quantitative estimate of drug-likeness (QED) is 0.590. The molecule has 3 rings (SSSR count). The van der Waals surface area contributed by atoms with E-state index in [1.54, 1.807) is 11.8 Å². The van der Waals surface area contributed by atoms with E-state index in [-0.39, 0.29) is 0 Å². The standard InChI is InChI=1S/C14H12Cl2N2S/c15-11-5-1-9(2-6-11)8-19-13-7-12(16)17-14(18-13)10-3-4-10/h1-2,5-7,10H,3-4,8H2. The molecule has 0 atom stereocenters. The first-order valence-electron chi connectivity index (χ1n) is 6.12. The molecule has 0 amide bonds. The van der Waals surface area contributed by atoms with Gasteiger partial charge in [-0.2, -0.15) is 0 Å². The largest absolute Gasteiger partial charge is 0.226 e. The van der Waals surface area contributed by atoms with Gasteiger partial charge < -0.3 is 0 Å². The molecule has 19 heavy (non-hydrogen) atoms. The lowest BCUT2D eigenvalue weighted by Gasteiger charge is -2.04. The number of nitrogens with zero attached hydrogens (tertiary/aromatic N) is 2. The smallest absolute Gasteiger partial charge is 0.134 e. The van der Waals surface area contributed by atoms with Crippen molar-refractivity contribution >= 4 is 35.0 Å².